The van der Waals surface area contributed by atoms with E-state index in [4.69, 9.17) is 10.2 Å². The average molecular weight is 327 g/mol. The third-order valence-electron chi connectivity index (χ3n) is 5.25. The SMILES string of the molecule is NC(CC1CCCCC1)C(=O)Nc1ccc2oc(C3CC3)nc2c1. The van der Waals surface area contributed by atoms with Crippen LogP contribution in [0.25, 0.3) is 11.1 Å². The maximum atomic E-state index is 12.4. The Kier molecular flexibility index (Phi) is 4.27. The molecule has 1 unspecified atom stereocenters. The zero-order chi connectivity index (χ0) is 16.5. The van der Waals surface area contributed by atoms with Crippen molar-refractivity contribution in [2.75, 3.05) is 5.32 Å². The molecule has 1 aromatic heterocycles. The standard InChI is InChI=1S/C19H25N3O2/c20-15(10-12-4-2-1-3-5-12)18(23)21-14-8-9-17-16(11-14)22-19(24-17)13-6-7-13/h8-9,11-13,15H,1-7,10,20H2,(H,21,23). The maximum Gasteiger partial charge on any atom is 0.241 e. The molecule has 2 saturated carbocycles. The van der Waals surface area contributed by atoms with Crippen LogP contribution in [0, 0.1) is 5.92 Å². The first kappa shape index (κ1) is 15.6. The number of nitrogens with zero attached hydrogens (tertiary/aromatic N) is 1. The lowest BCUT2D eigenvalue weighted by Gasteiger charge is -2.24. The van der Waals surface area contributed by atoms with Gasteiger partial charge < -0.3 is 15.5 Å². The smallest absolute Gasteiger partial charge is 0.241 e. The van der Waals surface area contributed by atoms with Crippen LogP contribution in [-0.4, -0.2) is 16.9 Å². The average Bonchev–Trinajstić information content (AvgIpc) is 3.35. The van der Waals surface area contributed by atoms with E-state index in [2.05, 4.69) is 10.3 Å². The van der Waals surface area contributed by atoms with Crippen molar-refractivity contribution in [3.05, 3.63) is 24.1 Å². The highest BCUT2D eigenvalue weighted by Crippen LogP contribution is 2.40. The molecule has 2 aliphatic carbocycles. The van der Waals surface area contributed by atoms with E-state index in [0.29, 0.717) is 11.8 Å². The summed E-state index contributed by atoms with van der Waals surface area (Å²) >= 11 is 0. The van der Waals surface area contributed by atoms with Crippen LogP contribution < -0.4 is 11.1 Å². The summed E-state index contributed by atoms with van der Waals surface area (Å²) in [5.74, 6) is 1.80. The number of carbonyl (C=O) groups excluding carboxylic acids is 1. The molecule has 2 aromatic rings. The van der Waals surface area contributed by atoms with Gasteiger partial charge in [-0.2, -0.15) is 0 Å². The highest BCUT2D eigenvalue weighted by Gasteiger charge is 2.29. The molecule has 5 nitrogen and oxygen atoms in total. The Hall–Kier alpha value is -1.88. The molecule has 2 fully saturated rings. The molecule has 0 aliphatic heterocycles. The third-order valence-corrected chi connectivity index (χ3v) is 5.25. The topological polar surface area (TPSA) is 81.2 Å². The predicted octanol–water partition coefficient (Wildman–Crippen LogP) is 3.94. The van der Waals surface area contributed by atoms with E-state index in [1.54, 1.807) is 0 Å². The number of fused-ring (bicyclic) bond motifs is 1. The largest absolute Gasteiger partial charge is 0.440 e. The number of rotatable bonds is 5. The normalized spacial score (nSPS) is 20.2. The van der Waals surface area contributed by atoms with Gasteiger partial charge in [-0.25, -0.2) is 4.98 Å². The van der Waals surface area contributed by atoms with Crippen LogP contribution in [0.3, 0.4) is 0 Å². The number of hydrogen-bond donors (Lipinski definition) is 2. The fourth-order valence-corrected chi connectivity index (χ4v) is 3.65. The van der Waals surface area contributed by atoms with Crippen LogP contribution >= 0.6 is 0 Å². The van der Waals surface area contributed by atoms with E-state index >= 15 is 0 Å². The van der Waals surface area contributed by atoms with E-state index < -0.39 is 6.04 Å². The molecule has 2 aliphatic rings. The van der Waals surface area contributed by atoms with E-state index in [0.717, 1.165) is 41.9 Å². The van der Waals surface area contributed by atoms with Crippen molar-refractivity contribution in [2.24, 2.45) is 11.7 Å². The number of hydrogen-bond acceptors (Lipinski definition) is 4. The molecule has 4 rings (SSSR count). The summed E-state index contributed by atoms with van der Waals surface area (Å²) in [5.41, 5.74) is 8.43. The lowest BCUT2D eigenvalue weighted by molar-refractivity contribution is -0.117. The van der Waals surface area contributed by atoms with Gasteiger partial charge in [0.2, 0.25) is 5.91 Å². The quantitative estimate of drug-likeness (QED) is 0.871. The van der Waals surface area contributed by atoms with Crippen LogP contribution in [-0.2, 0) is 4.79 Å². The zero-order valence-electron chi connectivity index (χ0n) is 14.0. The van der Waals surface area contributed by atoms with Gasteiger partial charge in [-0.05, 0) is 43.4 Å². The van der Waals surface area contributed by atoms with Crippen molar-refractivity contribution in [1.82, 2.24) is 4.98 Å². The van der Waals surface area contributed by atoms with Gasteiger partial charge in [0.1, 0.15) is 5.52 Å². The van der Waals surface area contributed by atoms with Gasteiger partial charge >= 0.3 is 0 Å². The molecular formula is C19H25N3O2. The number of aromatic nitrogens is 1. The van der Waals surface area contributed by atoms with Crippen LogP contribution in [0.4, 0.5) is 5.69 Å². The summed E-state index contributed by atoms with van der Waals surface area (Å²) in [6.45, 7) is 0. The van der Waals surface area contributed by atoms with Crippen molar-refractivity contribution < 1.29 is 9.21 Å². The van der Waals surface area contributed by atoms with E-state index in [1.165, 1.54) is 32.1 Å². The van der Waals surface area contributed by atoms with Crippen LogP contribution in [0.1, 0.15) is 63.2 Å². The Labute approximate surface area is 142 Å². The number of carbonyl (C=O) groups is 1. The van der Waals surface area contributed by atoms with Gasteiger partial charge in [0.25, 0.3) is 0 Å². The number of anilines is 1. The first-order valence-electron chi connectivity index (χ1n) is 9.16. The Morgan fingerprint density at radius 3 is 2.79 bits per heavy atom. The van der Waals surface area contributed by atoms with Crippen LogP contribution in [0.5, 0.6) is 0 Å². The fraction of sp³-hybridized carbons (Fsp3) is 0.579. The van der Waals surface area contributed by atoms with Crippen LogP contribution in [0.15, 0.2) is 22.6 Å². The lowest BCUT2D eigenvalue weighted by atomic mass is 9.85. The fourth-order valence-electron chi connectivity index (χ4n) is 3.65. The number of nitrogens with two attached hydrogens (primary N) is 1. The molecule has 0 spiro atoms. The zero-order valence-corrected chi connectivity index (χ0v) is 14.0. The van der Waals surface area contributed by atoms with E-state index in [1.807, 2.05) is 18.2 Å². The molecule has 1 aromatic carbocycles. The molecule has 0 saturated heterocycles. The summed E-state index contributed by atoms with van der Waals surface area (Å²) in [6.07, 6.45) is 9.36. The first-order chi connectivity index (χ1) is 11.7. The second-order valence-corrected chi connectivity index (χ2v) is 7.34. The Morgan fingerprint density at radius 2 is 2.04 bits per heavy atom. The minimum absolute atomic E-state index is 0.106. The second-order valence-electron chi connectivity index (χ2n) is 7.34. The summed E-state index contributed by atoms with van der Waals surface area (Å²) in [4.78, 5) is 16.9. The summed E-state index contributed by atoms with van der Waals surface area (Å²) < 4.78 is 5.75. The van der Waals surface area contributed by atoms with Gasteiger partial charge in [-0.1, -0.05) is 32.1 Å². The van der Waals surface area contributed by atoms with Gasteiger partial charge in [-0.3, -0.25) is 4.79 Å². The number of oxazole rings is 1. The number of benzene rings is 1. The second kappa shape index (κ2) is 6.55. The molecule has 5 heteroatoms. The highest BCUT2D eigenvalue weighted by atomic mass is 16.3. The summed E-state index contributed by atoms with van der Waals surface area (Å²) in [5, 5.41) is 2.93. The molecule has 128 valence electrons. The lowest BCUT2D eigenvalue weighted by Crippen LogP contribution is -2.37. The van der Waals surface area contributed by atoms with Crippen molar-refractivity contribution in [1.29, 1.82) is 0 Å². The minimum Gasteiger partial charge on any atom is -0.440 e. The van der Waals surface area contributed by atoms with E-state index in [-0.39, 0.29) is 5.91 Å². The number of nitrogens with one attached hydrogen (secondary N) is 1. The molecule has 1 amide bonds. The highest BCUT2D eigenvalue weighted by molar-refractivity contribution is 5.96. The molecule has 0 bridgehead atoms. The molecule has 3 N–H and O–H groups in total. The van der Waals surface area contributed by atoms with Gasteiger partial charge in [0.05, 0.1) is 6.04 Å². The monoisotopic (exact) mass is 327 g/mol. The Bertz CT molecular complexity index is 729. The van der Waals surface area contributed by atoms with Crippen LogP contribution in [0.2, 0.25) is 0 Å². The van der Waals surface area contributed by atoms with Crippen molar-refractivity contribution in [2.45, 2.75) is 63.3 Å². The summed E-state index contributed by atoms with van der Waals surface area (Å²) in [7, 11) is 0. The van der Waals surface area contributed by atoms with E-state index in [9.17, 15) is 4.79 Å². The number of amides is 1. The third kappa shape index (κ3) is 3.46. The Balaban J connectivity index is 1.39. The van der Waals surface area contributed by atoms with Crippen molar-refractivity contribution in [3.8, 4) is 0 Å². The van der Waals surface area contributed by atoms with Crippen molar-refractivity contribution in [3.63, 3.8) is 0 Å². The maximum absolute atomic E-state index is 12.4. The van der Waals surface area contributed by atoms with Gasteiger partial charge in [-0.15, -0.1) is 0 Å². The molecule has 0 radical (unpaired) electrons. The van der Waals surface area contributed by atoms with Crippen molar-refractivity contribution >= 4 is 22.7 Å². The first-order valence-corrected chi connectivity index (χ1v) is 9.16. The molecular weight excluding hydrogens is 302 g/mol. The molecule has 1 atom stereocenters. The molecule has 1 heterocycles. The van der Waals surface area contributed by atoms with Gasteiger partial charge in [0.15, 0.2) is 11.5 Å². The Morgan fingerprint density at radius 1 is 1.25 bits per heavy atom. The summed E-state index contributed by atoms with van der Waals surface area (Å²) in [6, 6.07) is 5.16. The minimum atomic E-state index is -0.442. The molecule has 24 heavy (non-hydrogen) atoms. The van der Waals surface area contributed by atoms with Gasteiger partial charge in [0, 0.05) is 11.6 Å². The predicted molar refractivity (Wildman–Crippen MR) is 93.8 cm³/mol.